The van der Waals surface area contributed by atoms with Crippen LogP contribution in [0.1, 0.15) is 0 Å². The molecule has 1 aliphatic rings. The molecule has 58 valence electrons. The molecule has 2 N–H and O–H groups in total. The lowest BCUT2D eigenvalue weighted by atomic mass is 10.2. The minimum absolute atomic E-state index is 0.0559. The fourth-order valence-corrected chi connectivity index (χ4v) is 0.720. The van der Waals surface area contributed by atoms with Gasteiger partial charge < -0.3 is 14.6 Å². The Labute approximate surface area is 57.9 Å². The van der Waals surface area contributed by atoms with Crippen LogP contribution in [0.15, 0.2) is 0 Å². The summed E-state index contributed by atoms with van der Waals surface area (Å²) in [4.78, 5) is 10.7. The Balaban J connectivity index is 2.58. The molecule has 0 aromatic rings. The SMILES string of the molecule is COC(=O)C1(O)COCN1. The molecule has 0 aliphatic carbocycles. The number of aliphatic hydroxyl groups is 1. The van der Waals surface area contributed by atoms with Crippen molar-refractivity contribution in [2.45, 2.75) is 5.72 Å². The van der Waals surface area contributed by atoms with Crippen LogP contribution in [0, 0.1) is 0 Å². The van der Waals surface area contributed by atoms with E-state index >= 15 is 0 Å². The van der Waals surface area contributed by atoms with E-state index in [2.05, 4.69) is 10.1 Å². The second-order valence-electron chi connectivity index (χ2n) is 2.02. The summed E-state index contributed by atoms with van der Waals surface area (Å²) in [6.07, 6.45) is 0. The summed E-state index contributed by atoms with van der Waals surface area (Å²) in [6, 6.07) is 0. The molecule has 0 spiro atoms. The summed E-state index contributed by atoms with van der Waals surface area (Å²) in [7, 11) is 1.21. The second kappa shape index (κ2) is 2.53. The molecule has 1 aliphatic heterocycles. The van der Waals surface area contributed by atoms with Crippen molar-refractivity contribution >= 4 is 5.97 Å². The van der Waals surface area contributed by atoms with Crippen LogP contribution in [0.4, 0.5) is 0 Å². The molecule has 1 unspecified atom stereocenters. The highest BCUT2D eigenvalue weighted by Gasteiger charge is 2.40. The third-order valence-corrected chi connectivity index (χ3v) is 1.30. The van der Waals surface area contributed by atoms with E-state index in [0.29, 0.717) is 0 Å². The van der Waals surface area contributed by atoms with E-state index in [9.17, 15) is 9.90 Å². The van der Waals surface area contributed by atoms with Crippen LogP contribution in [0.25, 0.3) is 0 Å². The van der Waals surface area contributed by atoms with Crippen LogP contribution in [-0.4, -0.2) is 37.2 Å². The zero-order valence-electron chi connectivity index (χ0n) is 5.59. The van der Waals surface area contributed by atoms with Gasteiger partial charge in [0.05, 0.1) is 13.8 Å². The van der Waals surface area contributed by atoms with Gasteiger partial charge in [0.1, 0.15) is 6.61 Å². The van der Waals surface area contributed by atoms with Gasteiger partial charge in [0.25, 0.3) is 0 Å². The summed E-state index contributed by atoms with van der Waals surface area (Å²) in [5.74, 6) is -0.718. The normalized spacial score (nSPS) is 32.2. The summed E-state index contributed by atoms with van der Waals surface area (Å²) in [6.45, 7) is 0.116. The zero-order valence-corrected chi connectivity index (χ0v) is 5.59. The van der Waals surface area contributed by atoms with Crippen LogP contribution in [0.5, 0.6) is 0 Å². The highest BCUT2D eigenvalue weighted by atomic mass is 16.6. The second-order valence-corrected chi connectivity index (χ2v) is 2.02. The van der Waals surface area contributed by atoms with Gasteiger partial charge >= 0.3 is 5.97 Å². The third-order valence-electron chi connectivity index (χ3n) is 1.30. The maximum absolute atomic E-state index is 10.7. The molecule has 1 fully saturated rings. The molecule has 10 heavy (non-hydrogen) atoms. The van der Waals surface area contributed by atoms with Gasteiger partial charge in [0, 0.05) is 0 Å². The molecule has 1 atom stereocenters. The van der Waals surface area contributed by atoms with Crippen LogP contribution in [-0.2, 0) is 14.3 Å². The van der Waals surface area contributed by atoms with Gasteiger partial charge in [-0.2, -0.15) is 0 Å². The van der Waals surface area contributed by atoms with E-state index in [1.165, 1.54) is 7.11 Å². The number of nitrogens with one attached hydrogen (secondary N) is 1. The van der Waals surface area contributed by atoms with E-state index in [1.54, 1.807) is 0 Å². The van der Waals surface area contributed by atoms with Crippen LogP contribution < -0.4 is 5.32 Å². The Hall–Kier alpha value is -0.650. The molecule has 0 radical (unpaired) electrons. The van der Waals surface area contributed by atoms with Gasteiger partial charge in [-0.25, -0.2) is 4.79 Å². The highest BCUT2D eigenvalue weighted by molar-refractivity contribution is 5.79. The molecule has 0 amide bonds. The van der Waals surface area contributed by atoms with Crippen molar-refractivity contribution in [1.82, 2.24) is 5.32 Å². The van der Waals surface area contributed by atoms with Crippen molar-refractivity contribution in [3.05, 3.63) is 0 Å². The zero-order chi connectivity index (χ0) is 7.61. The third kappa shape index (κ3) is 1.11. The Morgan fingerprint density at radius 3 is 3.00 bits per heavy atom. The first-order chi connectivity index (χ1) is 4.69. The van der Waals surface area contributed by atoms with Crippen molar-refractivity contribution in [3.8, 4) is 0 Å². The first kappa shape index (κ1) is 7.46. The van der Waals surface area contributed by atoms with E-state index in [4.69, 9.17) is 4.74 Å². The van der Waals surface area contributed by atoms with E-state index < -0.39 is 11.7 Å². The summed E-state index contributed by atoms with van der Waals surface area (Å²) < 4.78 is 9.03. The molecule has 1 heterocycles. The van der Waals surface area contributed by atoms with E-state index in [-0.39, 0.29) is 13.3 Å². The summed E-state index contributed by atoms with van der Waals surface area (Å²) in [5.41, 5.74) is -1.63. The van der Waals surface area contributed by atoms with Crippen LogP contribution in [0.3, 0.4) is 0 Å². The first-order valence-corrected chi connectivity index (χ1v) is 2.82. The lowest BCUT2D eigenvalue weighted by molar-refractivity contribution is -0.164. The monoisotopic (exact) mass is 147 g/mol. The molecule has 0 saturated carbocycles. The predicted molar refractivity (Wildman–Crippen MR) is 30.9 cm³/mol. The standard InChI is InChI=1S/C5H9NO4/c1-9-4(7)5(8)2-10-3-6-5/h6,8H,2-3H2,1H3. The highest BCUT2D eigenvalue weighted by Crippen LogP contribution is 2.08. The molecule has 0 bridgehead atoms. The van der Waals surface area contributed by atoms with Crippen molar-refractivity contribution < 1.29 is 19.4 Å². The topological polar surface area (TPSA) is 67.8 Å². The Bertz CT molecular complexity index is 141. The molecular weight excluding hydrogens is 138 g/mol. The van der Waals surface area contributed by atoms with Crippen LogP contribution in [0.2, 0.25) is 0 Å². The number of methoxy groups -OCH3 is 1. The largest absolute Gasteiger partial charge is 0.466 e. The maximum Gasteiger partial charge on any atom is 0.356 e. The average molecular weight is 147 g/mol. The Morgan fingerprint density at radius 1 is 1.90 bits per heavy atom. The van der Waals surface area contributed by atoms with Crippen molar-refractivity contribution in [2.24, 2.45) is 0 Å². The molecule has 0 aromatic heterocycles. The lowest BCUT2D eigenvalue weighted by Gasteiger charge is -2.16. The van der Waals surface area contributed by atoms with Crippen molar-refractivity contribution in [1.29, 1.82) is 0 Å². The lowest BCUT2D eigenvalue weighted by Crippen LogP contribution is -2.50. The van der Waals surface area contributed by atoms with Crippen molar-refractivity contribution in [3.63, 3.8) is 0 Å². The van der Waals surface area contributed by atoms with Gasteiger partial charge in [-0.3, -0.25) is 5.32 Å². The van der Waals surface area contributed by atoms with Gasteiger partial charge in [0.2, 0.25) is 5.72 Å². The maximum atomic E-state index is 10.7. The van der Waals surface area contributed by atoms with Gasteiger partial charge in [-0.1, -0.05) is 0 Å². The fraction of sp³-hybridized carbons (Fsp3) is 0.800. The number of esters is 1. The smallest absolute Gasteiger partial charge is 0.356 e. The molecule has 1 saturated heterocycles. The van der Waals surface area contributed by atoms with Gasteiger partial charge in [-0.15, -0.1) is 0 Å². The summed E-state index contributed by atoms with van der Waals surface area (Å²) >= 11 is 0. The predicted octanol–water partition coefficient (Wildman–Crippen LogP) is -1.57. The Morgan fingerprint density at radius 2 is 2.60 bits per heavy atom. The van der Waals surface area contributed by atoms with Crippen molar-refractivity contribution in [2.75, 3.05) is 20.4 Å². The van der Waals surface area contributed by atoms with Gasteiger partial charge in [0.15, 0.2) is 0 Å². The fourth-order valence-electron chi connectivity index (χ4n) is 0.720. The van der Waals surface area contributed by atoms with E-state index in [1.807, 2.05) is 0 Å². The quantitative estimate of drug-likeness (QED) is 0.438. The number of ether oxygens (including phenoxy) is 2. The molecule has 5 nitrogen and oxygen atoms in total. The molecule has 5 heteroatoms. The number of carbonyl (C=O) groups excluding carboxylic acids is 1. The molecule has 0 aromatic carbocycles. The number of hydrogen-bond acceptors (Lipinski definition) is 5. The first-order valence-electron chi connectivity index (χ1n) is 2.82. The van der Waals surface area contributed by atoms with Crippen LogP contribution >= 0.6 is 0 Å². The average Bonchev–Trinajstić information content (AvgIpc) is 2.36. The number of rotatable bonds is 1. The molecular formula is C5H9NO4. The number of carbonyl (C=O) groups is 1. The number of hydrogen-bond donors (Lipinski definition) is 2. The summed E-state index contributed by atoms with van der Waals surface area (Å²) in [5, 5.41) is 11.7. The molecule has 1 rings (SSSR count). The van der Waals surface area contributed by atoms with Gasteiger partial charge in [-0.05, 0) is 0 Å². The Kier molecular flexibility index (Phi) is 1.89. The van der Waals surface area contributed by atoms with E-state index in [0.717, 1.165) is 0 Å². The minimum Gasteiger partial charge on any atom is -0.466 e. The minimum atomic E-state index is -1.63.